The van der Waals surface area contributed by atoms with E-state index in [4.69, 9.17) is 10.5 Å². The molecule has 0 fully saturated rings. The van der Waals surface area contributed by atoms with Gasteiger partial charge in [-0.15, -0.1) is 0 Å². The van der Waals surface area contributed by atoms with E-state index in [2.05, 4.69) is 4.98 Å². The number of ether oxygens (including phenoxy) is 1. The molecule has 0 saturated carbocycles. The predicted molar refractivity (Wildman–Crippen MR) is 72.2 cm³/mol. The summed E-state index contributed by atoms with van der Waals surface area (Å²) in [6.07, 6.45) is 3.60. The minimum Gasteiger partial charge on any atom is -0.489 e. The molecule has 2 aromatic rings. The summed E-state index contributed by atoms with van der Waals surface area (Å²) in [5.41, 5.74) is 7.70. The molecule has 1 heterocycles. The Hall–Kier alpha value is -1.94. The van der Waals surface area contributed by atoms with Crippen LogP contribution in [0, 0.1) is 5.82 Å². The SMILES string of the molecule is CC[C@H](N)c1ccccc1OCc1cncc(F)c1. The molecular weight excluding hydrogens is 243 g/mol. The molecule has 2 N–H and O–H groups in total. The molecular formula is C15H17FN2O. The Morgan fingerprint density at radius 3 is 2.84 bits per heavy atom. The molecule has 3 nitrogen and oxygen atoms in total. The number of nitrogens with two attached hydrogens (primary N) is 1. The number of nitrogens with zero attached hydrogens (tertiary/aromatic N) is 1. The molecule has 1 atom stereocenters. The van der Waals surface area contributed by atoms with E-state index in [1.165, 1.54) is 12.3 Å². The molecule has 0 spiro atoms. The van der Waals surface area contributed by atoms with Crippen LogP contribution in [0.15, 0.2) is 42.7 Å². The Morgan fingerprint density at radius 2 is 2.11 bits per heavy atom. The van der Waals surface area contributed by atoms with E-state index in [1.54, 1.807) is 6.20 Å². The highest BCUT2D eigenvalue weighted by molar-refractivity contribution is 5.35. The van der Waals surface area contributed by atoms with Gasteiger partial charge in [-0.2, -0.15) is 0 Å². The average molecular weight is 260 g/mol. The summed E-state index contributed by atoms with van der Waals surface area (Å²) in [6, 6.07) is 9.01. The van der Waals surface area contributed by atoms with E-state index in [-0.39, 0.29) is 18.5 Å². The topological polar surface area (TPSA) is 48.1 Å². The number of pyridine rings is 1. The van der Waals surface area contributed by atoms with Crippen LogP contribution in [-0.4, -0.2) is 4.98 Å². The van der Waals surface area contributed by atoms with Gasteiger partial charge in [-0.25, -0.2) is 4.39 Å². The van der Waals surface area contributed by atoms with Crippen LogP contribution >= 0.6 is 0 Å². The van der Waals surface area contributed by atoms with Crippen LogP contribution in [0.3, 0.4) is 0 Å². The second-order valence-electron chi connectivity index (χ2n) is 4.35. The van der Waals surface area contributed by atoms with Gasteiger partial charge in [0.05, 0.1) is 6.20 Å². The molecule has 1 aromatic heterocycles. The number of benzene rings is 1. The normalized spacial score (nSPS) is 12.2. The fraction of sp³-hybridized carbons (Fsp3) is 0.267. The first-order chi connectivity index (χ1) is 9.20. The Kier molecular flexibility index (Phi) is 4.47. The first-order valence-corrected chi connectivity index (χ1v) is 6.27. The van der Waals surface area contributed by atoms with Crippen molar-refractivity contribution in [2.75, 3.05) is 0 Å². The highest BCUT2D eigenvalue weighted by atomic mass is 19.1. The molecule has 1 aromatic carbocycles. The number of rotatable bonds is 5. The summed E-state index contributed by atoms with van der Waals surface area (Å²) in [4.78, 5) is 3.79. The Balaban J connectivity index is 2.11. The largest absolute Gasteiger partial charge is 0.489 e. The van der Waals surface area contributed by atoms with Gasteiger partial charge in [0.2, 0.25) is 0 Å². The molecule has 0 aliphatic rings. The second-order valence-corrected chi connectivity index (χ2v) is 4.35. The van der Waals surface area contributed by atoms with Gasteiger partial charge in [0.25, 0.3) is 0 Å². The molecule has 2 rings (SSSR count). The average Bonchev–Trinajstić information content (AvgIpc) is 2.45. The van der Waals surface area contributed by atoms with Gasteiger partial charge < -0.3 is 10.5 Å². The number of hydrogen-bond acceptors (Lipinski definition) is 3. The summed E-state index contributed by atoms with van der Waals surface area (Å²) in [5.74, 6) is 0.376. The predicted octanol–water partition coefficient (Wildman–Crippen LogP) is 3.21. The van der Waals surface area contributed by atoms with E-state index >= 15 is 0 Å². The minimum atomic E-state index is -0.361. The lowest BCUT2D eigenvalue weighted by atomic mass is 10.0. The lowest BCUT2D eigenvalue weighted by Gasteiger charge is -2.15. The lowest BCUT2D eigenvalue weighted by Crippen LogP contribution is -2.10. The van der Waals surface area contributed by atoms with Gasteiger partial charge in [0.15, 0.2) is 0 Å². The van der Waals surface area contributed by atoms with Crippen LogP contribution in [0.1, 0.15) is 30.5 Å². The summed E-state index contributed by atoms with van der Waals surface area (Å²) in [5, 5.41) is 0. The summed E-state index contributed by atoms with van der Waals surface area (Å²) in [7, 11) is 0. The van der Waals surface area contributed by atoms with Crippen molar-refractivity contribution in [2.24, 2.45) is 5.73 Å². The number of para-hydroxylation sites is 1. The van der Waals surface area contributed by atoms with Crippen molar-refractivity contribution in [1.82, 2.24) is 4.98 Å². The molecule has 0 aliphatic heterocycles. The second kappa shape index (κ2) is 6.29. The first-order valence-electron chi connectivity index (χ1n) is 6.27. The first kappa shape index (κ1) is 13.5. The van der Waals surface area contributed by atoms with Crippen molar-refractivity contribution in [3.63, 3.8) is 0 Å². The van der Waals surface area contributed by atoms with Gasteiger partial charge >= 0.3 is 0 Å². The molecule has 0 aliphatic carbocycles. The van der Waals surface area contributed by atoms with Gasteiger partial charge in [-0.1, -0.05) is 25.1 Å². The van der Waals surface area contributed by atoms with Gasteiger partial charge in [-0.3, -0.25) is 4.98 Å². The molecule has 0 amide bonds. The standard InChI is InChI=1S/C15H17FN2O/c1-2-14(17)13-5-3-4-6-15(13)19-10-11-7-12(16)9-18-8-11/h3-9,14H,2,10,17H2,1H3/t14-/m0/s1. The van der Waals surface area contributed by atoms with Crippen LogP contribution in [0.5, 0.6) is 5.75 Å². The third kappa shape index (κ3) is 3.51. The number of hydrogen-bond donors (Lipinski definition) is 1. The number of aromatic nitrogens is 1. The quantitative estimate of drug-likeness (QED) is 0.898. The maximum atomic E-state index is 13.0. The fourth-order valence-corrected chi connectivity index (χ4v) is 1.83. The van der Waals surface area contributed by atoms with Crippen LogP contribution in [0.4, 0.5) is 4.39 Å². The fourth-order valence-electron chi connectivity index (χ4n) is 1.83. The zero-order chi connectivity index (χ0) is 13.7. The van der Waals surface area contributed by atoms with E-state index in [0.29, 0.717) is 5.56 Å². The van der Waals surface area contributed by atoms with Gasteiger partial charge in [0.1, 0.15) is 18.2 Å². The molecule has 0 unspecified atom stereocenters. The van der Waals surface area contributed by atoms with Crippen LogP contribution in [-0.2, 0) is 6.61 Å². The van der Waals surface area contributed by atoms with Crippen molar-refractivity contribution in [2.45, 2.75) is 26.0 Å². The zero-order valence-corrected chi connectivity index (χ0v) is 10.8. The maximum Gasteiger partial charge on any atom is 0.141 e. The van der Waals surface area contributed by atoms with Crippen molar-refractivity contribution < 1.29 is 9.13 Å². The molecule has 0 saturated heterocycles. The highest BCUT2D eigenvalue weighted by Crippen LogP contribution is 2.26. The summed E-state index contributed by atoms with van der Waals surface area (Å²) >= 11 is 0. The van der Waals surface area contributed by atoms with E-state index < -0.39 is 0 Å². The van der Waals surface area contributed by atoms with E-state index in [0.717, 1.165) is 17.7 Å². The van der Waals surface area contributed by atoms with Crippen molar-refractivity contribution in [3.05, 3.63) is 59.7 Å². The number of halogens is 1. The highest BCUT2D eigenvalue weighted by Gasteiger charge is 2.10. The van der Waals surface area contributed by atoms with Crippen molar-refractivity contribution in [1.29, 1.82) is 0 Å². The molecule has 0 bridgehead atoms. The third-order valence-electron chi connectivity index (χ3n) is 2.91. The van der Waals surface area contributed by atoms with Crippen LogP contribution < -0.4 is 10.5 Å². The van der Waals surface area contributed by atoms with E-state index in [1.807, 2.05) is 31.2 Å². The molecule has 100 valence electrons. The van der Waals surface area contributed by atoms with Gasteiger partial charge in [0, 0.05) is 23.4 Å². The molecule has 19 heavy (non-hydrogen) atoms. The monoisotopic (exact) mass is 260 g/mol. The van der Waals surface area contributed by atoms with Crippen LogP contribution in [0.2, 0.25) is 0 Å². The van der Waals surface area contributed by atoms with E-state index in [9.17, 15) is 4.39 Å². The molecule has 4 heteroatoms. The minimum absolute atomic E-state index is 0.0539. The third-order valence-corrected chi connectivity index (χ3v) is 2.91. The zero-order valence-electron chi connectivity index (χ0n) is 10.8. The Labute approximate surface area is 112 Å². The maximum absolute atomic E-state index is 13.0. The van der Waals surface area contributed by atoms with Gasteiger partial charge in [-0.05, 0) is 18.6 Å². The van der Waals surface area contributed by atoms with Crippen molar-refractivity contribution >= 4 is 0 Å². The summed E-state index contributed by atoms with van der Waals surface area (Å²) in [6.45, 7) is 2.30. The molecule has 0 radical (unpaired) electrons. The smallest absolute Gasteiger partial charge is 0.141 e. The Bertz CT molecular complexity index is 545. The summed E-state index contributed by atoms with van der Waals surface area (Å²) < 4.78 is 18.7. The van der Waals surface area contributed by atoms with Crippen LogP contribution in [0.25, 0.3) is 0 Å². The Morgan fingerprint density at radius 1 is 1.32 bits per heavy atom. The van der Waals surface area contributed by atoms with Crippen molar-refractivity contribution in [3.8, 4) is 5.75 Å². The lowest BCUT2D eigenvalue weighted by molar-refractivity contribution is 0.299.